The molecule has 5 nitrogen and oxygen atoms in total. The SMILES string of the molecule is Nc1cc(Cl)ccc1NCCc1ncno1. The molecule has 0 aliphatic heterocycles. The molecule has 1 aromatic carbocycles. The lowest BCUT2D eigenvalue weighted by Gasteiger charge is -2.07. The Morgan fingerprint density at radius 2 is 2.31 bits per heavy atom. The highest BCUT2D eigenvalue weighted by atomic mass is 35.5. The van der Waals surface area contributed by atoms with Crippen LogP contribution in [0.3, 0.4) is 0 Å². The molecule has 1 aromatic heterocycles. The molecule has 0 bridgehead atoms. The zero-order valence-electron chi connectivity index (χ0n) is 8.48. The Balaban J connectivity index is 1.90. The zero-order chi connectivity index (χ0) is 11.4. The molecule has 3 N–H and O–H groups in total. The summed E-state index contributed by atoms with van der Waals surface area (Å²) in [5, 5.41) is 7.31. The van der Waals surface area contributed by atoms with Gasteiger partial charge in [0.15, 0.2) is 6.33 Å². The van der Waals surface area contributed by atoms with Gasteiger partial charge < -0.3 is 15.6 Å². The van der Waals surface area contributed by atoms with Gasteiger partial charge in [-0.1, -0.05) is 16.8 Å². The van der Waals surface area contributed by atoms with Crippen LogP contribution in [0.5, 0.6) is 0 Å². The molecule has 0 radical (unpaired) electrons. The van der Waals surface area contributed by atoms with Crippen LogP contribution in [0, 0.1) is 0 Å². The molecule has 0 atom stereocenters. The van der Waals surface area contributed by atoms with Crippen LogP contribution in [0.4, 0.5) is 11.4 Å². The third kappa shape index (κ3) is 2.64. The van der Waals surface area contributed by atoms with Crippen molar-refractivity contribution in [3.63, 3.8) is 0 Å². The second-order valence-electron chi connectivity index (χ2n) is 3.24. The van der Waals surface area contributed by atoms with E-state index in [0.29, 0.717) is 29.6 Å². The molecule has 0 fully saturated rings. The third-order valence-electron chi connectivity index (χ3n) is 2.07. The van der Waals surface area contributed by atoms with Crippen LogP contribution in [0.25, 0.3) is 0 Å². The molecule has 0 amide bonds. The van der Waals surface area contributed by atoms with Crippen molar-refractivity contribution >= 4 is 23.0 Å². The molecule has 2 rings (SSSR count). The van der Waals surface area contributed by atoms with Crippen molar-refractivity contribution in [1.29, 1.82) is 0 Å². The minimum absolute atomic E-state index is 0.597. The Labute approximate surface area is 97.6 Å². The lowest BCUT2D eigenvalue weighted by Crippen LogP contribution is -2.06. The van der Waals surface area contributed by atoms with Gasteiger partial charge in [-0.15, -0.1) is 0 Å². The van der Waals surface area contributed by atoms with Crippen LogP contribution in [-0.2, 0) is 6.42 Å². The molecule has 0 aliphatic carbocycles. The van der Waals surface area contributed by atoms with Crippen LogP contribution < -0.4 is 11.1 Å². The van der Waals surface area contributed by atoms with Crippen LogP contribution in [0.1, 0.15) is 5.89 Å². The van der Waals surface area contributed by atoms with E-state index in [-0.39, 0.29) is 0 Å². The second kappa shape index (κ2) is 4.85. The summed E-state index contributed by atoms with van der Waals surface area (Å²) in [5.41, 5.74) is 7.26. The fourth-order valence-corrected chi connectivity index (χ4v) is 1.49. The third-order valence-corrected chi connectivity index (χ3v) is 2.31. The van der Waals surface area contributed by atoms with E-state index in [9.17, 15) is 0 Å². The number of halogens is 1. The number of anilines is 2. The van der Waals surface area contributed by atoms with Crippen LogP contribution in [-0.4, -0.2) is 16.7 Å². The molecule has 0 spiro atoms. The molecule has 6 heteroatoms. The maximum absolute atomic E-state index is 5.79. The van der Waals surface area contributed by atoms with Crippen molar-refractivity contribution < 1.29 is 4.52 Å². The molecule has 0 aliphatic rings. The van der Waals surface area contributed by atoms with E-state index >= 15 is 0 Å². The summed E-state index contributed by atoms with van der Waals surface area (Å²) in [6, 6.07) is 5.33. The number of nitrogens with two attached hydrogens (primary N) is 1. The van der Waals surface area contributed by atoms with E-state index in [4.69, 9.17) is 21.9 Å². The Morgan fingerprint density at radius 1 is 1.44 bits per heavy atom. The lowest BCUT2D eigenvalue weighted by atomic mass is 10.2. The molecule has 1 heterocycles. The summed E-state index contributed by atoms with van der Waals surface area (Å²) in [5.74, 6) is 0.597. The van der Waals surface area contributed by atoms with Crippen molar-refractivity contribution in [3.05, 3.63) is 35.4 Å². The summed E-state index contributed by atoms with van der Waals surface area (Å²) in [7, 11) is 0. The van der Waals surface area contributed by atoms with E-state index in [0.717, 1.165) is 5.69 Å². The highest BCUT2D eigenvalue weighted by Gasteiger charge is 2.01. The average molecular weight is 239 g/mol. The van der Waals surface area contributed by atoms with Gasteiger partial charge in [-0.3, -0.25) is 0 Å². The first-order chi connectivity index (χ1) is 7.75. The summed E-state index contributed by atoms with van der Waals surface area (Å²) < 4.78 is 4.87. The molecular formula is C10H11ClN4O. The van der Waals surface area contributed by atoms with E-state index < -0.39 is 0 Å². The minimum Gasteiger partial charge on any atom is -0.397 e. The highest BCUT2D eigenvalue weighted by Crippen LogP contribution is 2.22. The zero-order valence-corrected chi connectivity index (χ0v) is 9.24. The summed E-state index contributed by atoms with van der Waals surface area (Å²) in [6.07, 6.45) is 2.04. The standard InChI is InChI=1S/C10H11ClN4O/c11-7-1-2-9(8(12)5-7)13-4-3-10-14-6-15-16-10/h1-2,5-6,13H,3-4,12H2. The predicted octanol–water partition coefficient (Wildman–Crippen LogP) is 1.96. The van der Waals surface area contributed by atoms with E-state index in [1.54, 1.807) is 12.1 Å². The van der Waals surface area contributed by atoms with E-state index in [1.165, 1.54) is 6.33 Å². The second-order valence-corrected chi connectivity index (χ2v) is 3.68. The Morgan fingerprint density at radius 3 is 3.00 bits per heavy atom. The number of nitrogens with one attached hydrogen (secondary N) is 1. The van der Waals surface area contributed by atoms with Crippen LogP contribution >= 0.6 is 11.6 Å². The summed E-state index contributed by atoms with van der Waals surface area (Å²) in [6.45, 7) is 0.675. The van der Waals surface area contributed by atoms with Gasteiger partial charge in [0.25, 0.3) is 0 Å². The molecule has 16 heavy (non-hydrogen) atoms. The van der Waals surface area contributed by atoms with Crippen molar-refractivity contribution in [3.8, 4) is 0 Å². The number of aromatic nitrogens is 2. The quantitative estimate of drug-likeness (QED) is 0.797. The summed E-state index contributed by atoms with van der Waals surface area (Å²) >= 11 is 5.79. The fourth-order valence-electron chi connectivity index (χ4n) is 1.30. The largest absolute Gasteiger partial charge is 0.397 e. The molecule has 0 saturated carbocycles. The van der Waals surface area contributed by atoms with Gasteiger partial charge in [0.05, 0.1) is 11.4 Å². The van der Waals surface area contributed by atoms with Crippen molar-refractivity contribution in [2.75, 3.05) is 17.6 Å². The Hall–Kier alpha value is -1.75. The topological polar surface area (TPSA) is 77.0 Å². The number of benzene rings is 1. The first kappa shape index (κ1) is 10.8. The lowest BCUT2D eigenvalue weighted by molar-refractivity contribution is 0.380. The van der Waals surface area contributed by atoms with E-state index in [1.807, 2.05) is 6.07 Å². The number of nitrogen functional groups attached to an aromatic ring is 1. The van der Waals surface area contributed by atoms with Crippen molar-refractivity contribution in [2.45, 2.75) is 6.42 Å². The van der Waals surface area contributed by atoms with Gasteiger partial charge in [0.2, 0.25) is 5.89 Å². The first-order valence-corrected chi connectivity index (χ1v) is 5.18. The maximum Gasteiger partial charge on any atom is 0.228 e. The van der Waals surface area contributed by atoms with E-state index in [2.05, 4.69) is 15.5 Å². The van der Waals surface area contributed by atoms with Gasteiger partial charge in [-0.2, -0.15) is 4.98 Å². The Bertz CT molecular complexity index is 458. The minimum atomic E-state index is 0.597. The number of hydrogen-bond donors (Lipinski definition) is 2. The fraction of sp³-hybridized carbons (Fsp3) is 0.200. The average Bonchev–Trinajstić information content (AvgIpc) is 2.74. The first-order valence-electron chi connectivity index (χ1n) is 4.80. The number of hydrogen-bond acceptors (Lipinski definition) is 5. The Kier molecular flexibility index (Phi) is 3.26. The van der Waals surface area contributed by atoms with Crippen molar-refractivity contribution in [1.82, 2.24) is 10.1 Å². The van der Waals surface area contributed by atoms with Gasteiger partial charge >= 0.3 is 0 Å². The van der Waals surface area contributed by atoms with Gasteiger partial charge in [0.1, 0.15) is 0 Å². The molecule has 2 aromatic rings. The normalized spacial score (nSPS) is 10.3. The molecule has 0 unspecified atom stereocenters. The maximum atomic E-state index is 5.79. The number of nitrogens with zero attached hydrogens (tertiary/aromatic N) is 2. The highest BCUT2D eigenvalue weighted by molar-refractivity contribution is 6.31. The monoisotopic (exact) mass is 238 g/mol. The number of rotatable bonds is 4. The van der Waals surface area contributed by atoms with Crippen LogP contribution in [0.15, 0.2) is 29.0 Å². The van der Waals surface area contributed by atoms with Gasteiger partial charge in [-0.05, 0) is 18.2 Å². The molecular weight excluding hydrogens is 228 g/mol. The van der Waals surface area contributed by atoms with Gasteiger partial charge in [-0.25, -0.2) is 0 Å². The molecule has 84 valence electrons. The predicted molar refractivity (Wildman–Crippen MR) is 62.4 cm³/mol. The molecule has 0 saturated heterocycles. The van der Waals surface area contributed by atoms with Gasteiger partial charge in [0, 0.05) is 18.0 Å². The van der Waals surface area contributed by atoms with Crippen molar-refractivity contribution in [2.24, 2.45) is 0 Å². The smallest absolute Gasteiger partial charge is 0.228 e. The summed E-state index contributed by atoms with van der Waals surface area (Å²) in [4.78, 5) is 3.91. The van der Waals surface area contributed by atoms with Crippen LogP contribution in [0.2, 0.25) is 5.02 Å².